The zero-order valence-corrected chi connectivity index (χ0v) is 20.1. The van der Waals surface area contributed by atoms with E-state index in [-0.39, 0.29) is 11.8 Å². The largest absolute Gasteiger partial charge is 0.356 e. The maximum absolute atomic E-state index is 13.0. The molecular weight excluding hydrogens is 422 g/mol. The number of amides is 1. The van der Waals surface area contributed by atoms with Crippen LogP contribution in [-0.4, -0.2) is 33.6 Å². The van der Waals surface area contributed by atoms with E-state index < -0.39 is 0 Å². The number of piperidine rings is 1. The van der Waals surface area contributed by atoms with Gasteiger partial charge in [0, 0.05) is 48.1 Å². The highest BCUT2D eigenvalue weighted by Gasteiger charge is 2.27. The molecular formula is C28H31N5O. The van der Waals surface area contributed by atoms with E-state index in [1.165, 1.54) is 11.1 Å². The molecule has 174 valence electrons. The van der Waals surface area contributed by atoms with Crippen LogP contribution in [0.15, 0.2) is 60.7 Å². The molecule has 6 heteroatoms. The van der Waals surface area contributed by atoms with Crippen LogP contribution >= 0.6 is 0 Å². The standard InChI is InChI=1S/C28H31N5O/c1-4-21-7-5-6-8-24(21)30-28(34)23-13-15-32(16-14-23)27-17-20(3)29-26-18-25(31-33(26)27)22-11-9-19(2)10-12-22/h5-12,17-18,23H,4,13-16H2,1-3H3,(H,30,34). The molecule has 0 unspecified atom stereocenters. The van der Waals surface area contributed by atoms with Crippen molar-refractivity contribution in [2.75, 3.05) is 23.3 Å². The van der Waals surface area contributed by atoms with Crippen molar-refractivity contribution < 1.29 is 4.79 Å². The topological polar surface area (TPSA) is 62.5 Å². The molecule has 1 amide bonds. The minimum Gasteiger partial charge on any atom is -0.356 e. The van der Waals surface area contributed by atoms with Gasteiger partial charge in [0.1, 0.15) is 5.82 Å². The van der Waals surface area contributed by atoms with E-state index >= 15 is 0 Å². The fourth-order valence-electron chi connectivity index (χ4n) is 4.73. The summed E-state index contributed by atoms with van der Waals surface area (Å²) in [6.07, 6.45) is 2.53. The van der Waals surface area contributed by atoms with Gasteiger partial charge in [-0.1, -0.05) is 55.0 Å². The molecule has 1 fully saturated rings. The summed E-state index contributed by atoms with van der Waals surface area (Å²) < 4.78 is 1.94. The van der Waals surface area contributed by atoms with E-state index in [0.717, 1.165) is 66.5 Å². The summed E-state index contributed by atoms with van der Waals surface area (Å²) in [6, 6.07) is 20.6. The predicted molar refractivity (Wildman–Crippen MR) is 137 cm³/mol. The Morgan fingerprint density at radius 1 is 1.03 bits per heavy atom. The van der Waals surface area contributed by atoms with Crippen molar-refractivity contribution in [2.24, 2.45) is 5.92 Å². The van der Waals surface area contributed by atoms with Crippen LogP contribution in [0, 0.1) is 19.8 Å². The number of para-hydroxylation sites is 1. The molecule has 3 heterocycles. The Kier molecular flexibility index (Phi) is 6.05. The molecule has 0 bridgehead atoms. The summed E-state index contributed by atoms with van der Waals surface area (Å²) in [6.45, 7) is 7.84. The van der Waals surface area contributed by atoms with Crippen molar-refractivity contribution in [1.29, 1.82) is 0 Å². The number of nitrogens with one attached hydrogen (secondary N) is 1. The molecule has 4 aromatic rings. The second kappa shape index (κ2) is 9.29. The average molecular weight is 454 g/mol. The van der Waals surface area contributed by atoms with Crippen LogP contribution in [0.25, 0.3) is 16.9 Å². The van der Waals surface area contributed by atoms with Crippen molar-refractivity contribution in [3.8, 4) is 11.3 Å². The third kappa shape index (κ3) is 4.40. The van der Waals surface area contributed by atoms with Crippen LogP contribution in [0.3, 0.4) is 0 Å². The van der Waals surface area contributed by atoms with Gasteiger partial charge < -0.3 is 10.2 Å². The van der Waals surface area contributed by atoms with Gasteiger partial charge >= 0.3 is 0 Å². The van der Waals surface area contributed by atoms with E-state index in [9.17, 15) is 4.79 Å². The third-order valence-electron chi connectivity index (χ3n) is 6.73. The van der Waals surface area contributed by atoms with Crippen molar-refractivity contribution in [3.63, 3.8) is 0 Å². The van der Waals surface area contributed by atoms with E-state index in [4.69, 9.17) is 10.1 Å². The number of hydrogen-bond donors (Lipinski definition) is 1. The van der Waals surface area contributed by atoms with Gasteiger partial charge in [0.2, 0.25) is 5.91 Å². The van der Waals surface area contributed by atoms with Crippen LogP contribution < -0.4 is 10.2 Å². The molecule has 0 atom stereocenters. The summed E-state index contributed by atoms with van der Waals surface area (Å²) in [4.78, 5) is 20.0. The van der Waals surface area contributed by atoms with Crippen LogP contribution in [0.2, 0.25) is 0 Å². The normalized spacial score (nSPS) is 14.5. The van der Waals surface area contributed by atoms with Crippen molar-refractivity contribution in [2.45, 2.75) is 40.0 Å². The van der Waals surface area contributed by atoms with Crippen LogP contribution in [0.5, 0.6) is 0 Å². The quantitative estimate of drug-likeness (QED) is 0.438. The Hall–Kier alpha value is -3.67. The number of benzene rings is 2. The zero-order chi connectivity index (χ0) is 23.7. The number of aryl methyl sites for hydroxylation is 3. The number of anilines is 2. The highest BCUT2D eigenvalue weighted by molar-refractivity contribution is 5.93. The van der Waals surface area contributed by atoms with Crippen LogP contribution in [0.1, 0.15) is 36.6 Å². The number of aromatic nitrogens is 3. The van der Waals surface area contributed by atoms with Gasteiger partial charge in [0.05, 0.1) is 5.69 Å². The fraction of sp³-hybridized carbons (Fsp3) is 0.321. The van der Waals surface area contributed by atoms with Gasteiger partial charge in [-0.15, -0.1) is 0 Å². The number of nitrogens with zero attached hydrogens (tertiary/aromatic N) is 4. The van der Waals surface area contributed by atoms with Crippen LogP contribution in [-0.2, 0) is 11.2 Å². The molecule has 5 rings (SSSR count). The lowest BCUT2D eigenvalue weighted by Crippen LogP contribution is -2.39. The lowest BCUT2D eigenvalue weighted by molar-refractivity contribution is -0.120. The maximum Gasteiger partial charge on any atom is 0.227 e. The second-order valence-electron chi connectivity index (χ2n) is 9.18. The van der Waals surface area contributed by atoms with Crippen LogP contribution in [0.4, 0.5) is 11.5 Å². The smallest absolute Gasteiger partial charge is 0.227 e. The van der Waals surface area contributed by atoms with Gasteiger partial charge in [-0.3, -0.25) is 4.79 Å². The van der Waals surface area contributed by atoms with E-state index in [0.29, 0.717) is 0 Å². The highest BCUT2D eigenvalue weighted by atomic mass is 16.1. The maximum atomic E-state index is 13.0. The van der Waals surface area contributed by atoms with Crippen molar-refractivity contribution >= 4 is 23.1 Å². The lowest BCUT2D eigenvalue weighted by Gasteiger charge is -2.33. The van der Waals surface area contributed by atoms with Crippen molar-refractivity contribution in [3.05, 3.63) is 77.5 Å². The Morgan fingerprint density at radius 3 is 2.50 bits per heavy atom. The summed E-state index contributed by atoms with van der Waals surface area (Å²) in [5, 5.41) is 8.06. The summed E-state index contributed by atoms with van der Waals surface area (Å²) in [5.41, 5.74) is 7.16. The summed E-state index contributed by atoms with van der Waals surface area (Å²) >= 11 is 0. The average Bonchev–Trinajstić information content (AvgIpc) is 3.28. The first kappa shape index (κ1) is 22.1. The Bertz CT molecular complexity index is 1320. The van der Waals surface area contributed by atoms with Crippen molar-refractivity contribution in [1.82, 2.24) is 14.6 Å². The van der Waals surface area contributed by atoms with E-state index in [1.807, 2.05) is 35.7 Å². The monoisotopic (exact) mass is 453 g/mol. The predicted octanol–water partition coefficient (Wildman–Crippen LogP) is 5.43. The number of rotatable bonds is 5. The number of hydrogen-bond acceptors (Lipinski definition) is 4. The molecule has 2 aromatic heterocycles. The molecule has 6 nitrogen and oxygen atoms in total. The number of fused-ring (bicyclic) bond motifs is 1. The van der Waals surface area contributed by atoms with Gasteiger partial charge in [-0.05, 0) is 44.7 Å². The Morgan fingerprint density at radius 2 is 1.76 bits per heavy atom. The minimum atomic E-state index is 0.0142. The third-order valence-corrected chi connectivity index (χ3v) is 6.73. The second-order valence-corrected chi connectivity index (χ2v) is 9.18. The van der Waals surface area contributed by atoms with Gasteiger partial charge in [0.25, 0.3) is 0 Å². The van der Waals surface area contributed by atoms with E-state index in [2.05, 4.69) is 60.5 Å². The summed E-state index contributed by atoms with van der Waals surface area (Å²) in [5.74, 6) is 1.17. The first-order chi connectivity index (χ1) is 16.5. The molecule has 1 saturated heterocycles. The fourth-order valence-corrected chi connectivity index (χ4v) is 4.73. The molecule has 1 aliphatic heterocycles. The minimum absolute atomic E-state index is 0.0142. The number of carbonyl (C=O) groups excluding carboxylic acids is 1. The molecule has 2 aromatic carbocycles. The van der Waals surface area contributed by atoms with Gasteiger partial charge in [0.15, 0.2) is 5.65 Å². The first-order valence-electron chi connectivity index (χ1n) is 12.1. The zero-order valence-electron chi connectivity index (χ0n) is 20.1. The van der Waals surface area contributed by atoms with E-state index in [1.54, 1.807) is 0 Å². The van der Waals surface area contributed by atoms with Gasteiger partial charge in [-0.25, -0.2) is 4.98 Å². The molecule has 0 radical (unpaired) electrons. The summed E-state index contributed by atoms with van der Waals surface area (Å²) in [7, 11) is 0. The highest BCUT2D eigenvalue weighted by Crippen LogP contribution is 2.28. The molecule has 1 N–H and O–H groups in total. The Balaban J connectivity index is 1.33. The lowest BCUT2D eigenvalue weighted by atomic mass is 9.95. The molecule has 0 spiro atoms. The molecule has 34 heavy (non-hydrogen) atoms. The van der Waals surface area contributed by atoms with Gasteiger partial charge in [-0.2, -0.15) is 9.61 Å². The molecule has 0 aliphatic carbocycles. The molecule has 0 saturated carbocycles. The molecule has 1 aliphatic rings. The number of carbonyl (C=O) groups is 1. The Labute approximate surface area is 200 Å². The SMILES string of the molecule is CCc1ccccc1NC(=O)C1CCN(c2cc(C)nc3cc(-c4ccc(C)cc4)nn23)CC1. The first-order valence-corrected chi connectivity index (χ1v) is 12.1.